The highest BCUT2D eigenvalue weighted by atomic mass is 32.2. The van der Waals surface area contributed by atoms with Crippen LogP contribution in [0.5, 0.6) is 0 Å². The van der Waals surface area contributed by atoms with Crippen LogP contribution in [0.4, 0.5) is 5.82 Å². The first-order chi connectivity index (χ1) is 14.4. The summed E-state index contributed by atoms with van der Waals surface area (Å²) >= 11 is 6.48. The molecule has 0 atom stereocenters. The number of carbonyl (C=O) groups excluding carboxylic acids is 2. The summed E-state index contributed by atoms with van der Waals surface area (Å²) in [4.78, 5) is 46.1. The van der Waals surface area contributed by atoms with Gasteiger partial charge in [0.15, 0.2) is 0 Å². The van der Waals surface area contributed by atoms with Crippen molar-refractivity contribution in [3.8, 4) is 0 Å². The van der Waals surface area contributed by atoms with Gasteiger partial charge in [-0.25, -0.2) is 4.98 Å². The molecule has 2 aliphatic heterocycles. The largest absolute Gasteiger partial charge is 0.369 e. The smallest absolute Gasteiger partial charge is 0.267 e. The second-order valence-corrected chi connectivity index (χ2v) is 8.85. The monoisotopic (exact) mass is 443 g/mol. The lowest BCUT2D eigenvalue weighted by Crippen LogP contribution is -2.40. The number of amides is 2. The van der Waals surface area contributed by atoms with Crippen LogP contribution in [0.25, 0.3) is 11.7 Å². The molecule has 0 saturated carbocycles. The second kappa shape index (κ2) is 8.19. The molecule has 0 bridgehead atoms. The Morgan fingerprint density at radius 1 is 1.33 bits per heavy atom. The topological polar surface area (TPSA) is 101 Å². The first kappa shape index (κ1) is 20.5. The van der Waals surface area contributed by atoms with Crippen molar-refractivity contribution < 1.29 is 9.59 Å². The number of piperidine rings is 1. The van der Waals surface area contributed by atoms with Gasteiger partial charge >= 0.3 is 0 Å². The molecule has 0 spiro atoms. The molecule has 2 saturated heterocycles. The maximum Gasteiger partial charge on any atom is 0.267 e. The molecule has 0 aliphatic carbocycles. The fourth-order valence-electron chi connectivity index (χ4n) is 3.74. The number of fused-ring (bicyclic) bond motifs is 1. The Hall–Kier alpha value is -2.72. The fourth-order valence-corrected chi connectivity index (χ4v) is 5.10. The van der Waals surface area contributed by atoms with E-state index in [4.69, 9.17) is 22.9 Å². The van der Waals surface area contributed by atoms with Crippen LogP contribution in [-0.4, -0.2) is 50.1 Å². The van der Waals surface area contributed by atoms with Crippen molar-refractivity contribution in [2.75, 3.05) is 24.5 Å². The number of hydrogen-bond acceptors (Lipinski definition) is 7. The Labute approximate surface area is 182 Å². The molecule has 4 rings (SSSR count). The molecular formula is C20H21N5O3S2. The number of nitrogens with two attached hydrogens (primary N) is 1. The zero-order chi connectivity index (χ0) is 21.4. The molecule has 2 aliphatic rings. The van der Waals surface area contributed by atoms with Gasteiger partial charge in [-0.3, -0.25) is 23.7 Å². The number of thiocarbonyl (C=S) groups is 1. The van der Waals surface area contributed by atoms with Crippen LogP contribution < -0.4 is 16.2 Å². The van der Waals surface area contributed by atoms with Crippen molar-refractivity contribution in [2.24, 2.45) is 11.7 Å². The number of rotatable bonds is 4. The van der Waals surface area contributed by atoms with E-state index in [0.717, 1.165) is 0 Å². The molecule has 0 radical (unpaired) electrons. The summed E-state index contributed by atoms with van der Waals surface area (Å²) in [6.07, 6.45) is 4.45. The van der Waals surface area contributed by atoms with E-state index in [0.29, 0.717) is 58.7 Å². The van der Waals surface area contributed by atoms with Gasteiger partial charge in [-0.2, -0.15) is 0 Å². The molecule has 4 heterocycles. The van der Waals surface area contributed by atoms with Crippen molar-refractivity contribution >= 4 is 57.7 Å². The van der Waals surface area contributed by atoms with Crippen LogP contribution >= 0.6 is 24.0 Å². The van der Waals surface area contributed by atoms with Gasteiger partial charge < -0.3 is 10.6 Å². The quantitative estimate of drug-likeness (QED) is 0.566. The number of likely N-dealkylation sites (N-methyl/N-ethyl adjacent to an activating group) is 1. The molecule has 2 fully saturated rings. The number of pyridine rings is 1. The maximum atomic E-state index is 13.3. The molecule has 156 valence electrons. The van der Waals surface area contributed by atoms with Gasteiger partial charge in [0.25, 0.3) is 11.5 Å². The molecule has 2 aromatic rings. The Morgan fingerprint density at radius 3 is 2.70 bits per heavy atom. The average molecular weight is 444 g/mol. The zero-order valence-electron chi connectivity index (χ0n) is 16.4. The third kappa shape index (κ3) is 3.61. The summed E-state index contributed by atoms with van der Waals surface area (Å²) in [6.45, 7) is 3.44. The molecule has 2 aromatic heterocycles. The van der Waals surface area contributed by atoms with E-state index in [1.165, 1.54) is 21.1 Å². The lowest BCUT2D eigenvalue weighted by atomic mass is 9.96. The van der Waals surface area contributed by atoms with Gasteiger partial charge in [0, 0.05) is 31.7 Å². The third-order valence-corrected chi connectivity index (χ3v) is 6.79. The lowest BCUT2D eigenvalue weighted by Gasteiger charge is -2.32. The van der Waals surface area contributed by atoms with Crippen LogP contribution in [0, 0.1) is 5.92 Å². The number of anilines is 1. The van der Waals surface area contributed by atoms with Crippen molar-refractivity contribution in [3.63, 3.8) is 0 Å². The van der Waals surface area contributed by atoms with E-state index in [9.17, 15) is 14.4 Å². The Bertz CT molecular complexity index is 1130. The van der Waals surface area contributed by atoms with Crippen LogP contribution in [0.1, 0.15) is 25.3 Å². The number of thioether (sulfide) groups is 1. The molecule has 8 nitrogen and oxygen atoms in total. The number of nitrogens with zero attached hydrogens (tertiary/aromatic N) is 4. The summed E-state index contributed by atoms with van der Waals surface area (Å²) < 4.78 is 1.94. The Kier molecular flexibility index (Phi) is 5.61. The molecule has 2 amide bonds. The van der Waals surface area contributed by atoms with Crippen LogP contribution in [-0.2, 0) is 9.59 Å². The van der Waals surface area contributed by atoms with Crippen molar-refractivity contribution in [1.29, 1.82) is 0 Å². The first-order valence-corrected chi connectivity index (χ1v) is 10.9. The Balaban J connectivity index is 1.81. The highest BCUT2D eigenvalue weighted by molar-refractivity contribution is 8.26. The first-order valence-electron chi connectivity index (χ1n) is 9.71. The van der Waals surface area contributed by atoms with E-state index in [1.54, 1.807) is 24.4 Å². The minimum Gasteiger partial charge on any atom is -0.369 e. The van der Waals surface area contributed by atoms with Crippen LogP contribution in [0.2, 0.25) is 0 Å². The van der Waals surface area contributed by atoms with E-state index in [1.807, 2.05) is 17.9 Å². The number of aromatic nitrogens is 2. The highest BCUT2D eigenvalue weighted by Gasteiger charge is 2.32. The minimum absolute atomic E-state index is 0.174. The third-order valence-electron chi connectivity index (χ3n) is 5.41. The van der Waals surface area contributed by atoms with Crippen LogP contribution in [0.15, 0.2) is 34.1 Å². The van der Waals surface area contributed by atoms with E-state index < -0.39 is 0 Å². The molecule has 10 heteroatoms. The van der Waals surface area contributed by atoms with Gasteiger partial charge in [-0.05, 0) is 38.0 Å². The SMILES string of the molecule is CCN1C(=O)/C(=C\c2c(N3CCC(C(N)=O)CC3)nc3ccccn3c2=O)SC1=S. The fraction of sp³-hybridized carbons (Fsp3) is 0.350. The highest BCUT2D eigenvalue weighted by Crippen LogP contribution is 2.33. The summed E-state index contributed by atoms with van der Waals surface area (Å²) in [7, 11) is 0. The van der Waals surface area contributed by atoms with E-state index in [-0.39, 0.29) is 23.3 Å². The van der Waals surface area contributed by atoms with E-state index in [2.05, 4.69) is 0 Å². The van der Waals surface area contributed by atoms with Crippen molar-refractivity contribution in [3.05, 3.63) is 45.2 Å². The Morgan fingerprint density at radius 2 is 2.07 bits per heavy atom. The van der Waals surface area contributed by atoms with E-state index >= 15 is 0 Å². The number of primary amides is 1. The molecule has 30 heavy (non-hydrogen) atoms. The van der Waals surface area contributed by atoms with Gasteiger partial charge in [0.05, 0.1) is 10.5 Å². The maximum absolute atomic E-state index is 13.3. The standard InChI is InChI=1S/C20H21N5O3S2/c1-2-24-19(28)14(30-20(24)29)11-13-17(23-9-6-12(7-10-23)16(21)26)22-15-5-3-4-8-25(15)18(13)27/h3-5,8,11-12H,2,6-7,9-10H2,1H3,(H2,21,26)/b14-11+. The average Bonchev–Trinajstić information content (AvgIpc) is 3.02. The summed E-state index contributed by atoms with van der Waals surface area (Å²) in [5, 5.41) is 0. The van der Waals surface area contributed by atoms with Crippen molar-refractivity contribution in [1.82, 2.24) is 14.3 Å². The molecule has 0 aromatic carbocycles. The minimum atomic E-state index is -0.301. The van der Waals surface area contributed by atoms with Gasteiger partial charge in [0.1, 0.15) is 15.8 Å². The zero-order valence-corrected chi connectivity index (χ0v) is 18.0. The predicted molar refractivity (Wildman–Crippen MR) is 121 cm³/mol. The van der Waals surface area contributed by atoms with Crippen molar-refractivity contribution in [2.45, 2.75) is 19.8 Å². The summed E-state index contributed by atoms with van der Waals surface area (Å²) in [5.41, 5.74) is 6.06. The molecular weight excluding hydrogens is 422 g/mol. The van der Waals surface area contributed by atoms with Gasteiger partial charge in [-0.1, -0.05) is 30.0 Å². The second-order valence-electron chi connectivity index (χ2n) is 7.17. The normalized spacial score (nSPS) is 19.3. The van der Waals surface area contributed by atoms with Crippen LogP contribution in [0.3, 0.4) is 0 Å². The van der Waals surface area contributed by atoms with Gasteiger partial charge in [0.2, 0.25) is 5.91 Å². The summed E-state index contributed by atoms with van der Waals surface area (Å²) in [6, 6.07) is 5.34. The predicted octanol–water partition coefficient (Wildman–Crippen LogP) is 1.62. The number of hydrogen-bond donors (Lipinski definition) is 1. The lowest BCUT2D eigenvalue weighted by molar-refractivity contribution is -0.123. The summed E-state index contributed by atoms with van der Waals surface area (Å²) in [5.74, 6) is -0.170. The molecule has 0 unspecified atom stereocenters. The molecule has 2 N–H and O–H groups in total. The van der Waals surface area contributed by atoms with Gasteiger partial charge in [-0.15, -0.1) is 0 Å². The number of carbonyl (C=O) groups is 2.